The minimum Gasteiger partial charge on any atom is -0.504 e. The van der Waals surface area contributed by atoms with Crippen molar-refractivity contribution in [3.8, 4) is 29.1 Å². The highest BCUT2D eigenvalue weighted by Gasteiger charge is 2.10. The molecule has 0 aliphatic rings. The van der Waals surface area contributed by atoms with Crippen LogP contribution in [0.25, 0.3) is 11.6 Å². The molecule has 0 bridgehead atoms. The van der Waals surface area contributed by atoms with E-state index < -0.39 is 0 Å². The average molecular weight is 339 g/mol. The van der Waals surface area contributed by atoms with Gasteiger partial charge in [0.2, 0.25) is 0 Å². The molecule has 2 aromatic carbocycles. The van der Waals surface area contributed by atoms with E-state index in [0.29, 0.717) is 36.0 Å². The average Bonchev–Trinajstić information content (AvgIpc) is 2.63. The molecule has 0 radical (unpaired) electrons. The highest BCUT2D eigenvalue weighted by atomic mass is 16.5. The first kappa shape index (κ1) is 18.2. The number of hydrogen-bond acceptors (Lipinski definition) is 5. The lowest BCUT2D eigenvalue weighted by atomic mass is 10.0. The van der Waals surface area contributed by atoms with Gasteiger partial charge in [-0.3, -0.25) is 0 Å². The van der Waals surface area contributed by atoms with Gasteiger partial charge in [-0.2, -0.15) is 5.26 Å². The number of rotatable bonds is 7. The Balaban J connectivity index is 2.43. The van der Waals surface area contributed by atoms with Gasteiger partial charge < -0.3 is 19.3 Å². The molecule has 0 heterocycles. The predicted molar refractivity (Wildman–Crippen MR) is 96.9 cm³/mol. The zero-order valence-corrected chi connectivity index (χ0v) is 14.6. The van der Waals surface area contributed by atoms with Gasteiger partial charge in [0, 0.05) is 0 Å². The van der Waals surface area contributed by atoms with E-state index in [9.17, 15) is 10.4 Å². The van der Waals surface area contributed by atoms with Crippen LogP contribution < -0.4 is 14.2 Å². The molecule has 0 aliphatic carbocycles. The summed E-state index contributed by atoms with van der Waals surface area (Å²) in [5, 5.41) is 19.2. The van der Waals surface area contributed by atoms with E-state index in [-0.39, 0.29) is 5.75 Å². The Labute approximate surface area is 147 Å². The molecule has 2 rings (SSSR count). The normalized spacial score (nSPS) is 10.9. The number of nitriles is 1. The smallest absolute Gasteiger partial charge is 0.161 e. The topological polar surface area (TPSA) is 71.7 Å². The molecule has 0 spiro atoms. The molecule has 130 valence electrons. The number of phenols is 1. The van der Waals surface area contributed by atoms with E-state index >= 15 is 0 Å². The van der Waals surface area contributed by atoms with Gasteiger partial charge in [0.1, 0.15) is 0 Å². The molecule has 0 fully saturated rings. The molecule has 25 heavy (non-hydrogen) atoms. The number of benzene rings is 2. The Kier molecular flexibility index (Phi) is 6.30. The molecule has 5 heteroatoms. The molecule has 0 unspecified atom stereocenters. The molecule has 5 nitrogen and oxygen atoms in total. The van der Waals surface area contributed by atoms with Crippen LogP contribution >= 0.6 is 0 Å². The van der Waals surface area contributed by atoms with Crippen LogP contribution in [0, 0.1) is 11.3 Å². The minimum atomic E-state index is 0.0536. The Hall–Kier alpha value is -3.13. The predicted octanol–water partition coefficient (Wildman–Crippen LogP) is 4.26. The number of phenolic OH excluding ortho intramolecular Hbond substituents is 1. The molecule has 0 aliphatic heterocycles. The molecular weight excluding hydrogens is 318 g/mol. The number of ether oxygens (including phenoxy) is 3. The van der Waals surface area contributed by atoms with Crippen molar-refractivity contribution in [1.29, 1.82) is 5.26 Å². The molecule has 0 saturated heterocycles. The number of aromatic hydroxyl groups is 1. The van der Waals surface area contributed by atoms with Crippen molar-refractivity contribution in [2.24, 2.45) is 0 Å². The zero-order valence-electron chi connectivity index (χ0n) is 14.6. The monoisotopic (exact) mass is 339 g/mol. The van der Waals surface area contributed by atoms with Crippen molar-refractivity contribution in [3.63, 3.8) is 0 Å². The van der Waals surface area contributed by atoms with Gasteiger partial charge in [-0.1, -0.05) is 6.07 Å². The van der Waals surface area contributed by atoms with Crippen molar-refractivity contribution >= 4 is 11.6 Å². The van der Waals surface area contributed by atoms with Crippen LogP contribution in [0.4, 0.5) is 0 Å². The van der Waals surface area contributed by atoms with Crippen LogP contribution in [0.2, 0.25) is 0 Å². The number of allylic oxidation sites excluding steroid dienone is 1. The Morgan fingerprint density at radius 1 is 1.04 bits per heavy atom. The summed E-state index contributed by atoms with van der Waals surface area (Å²) < 4.78 is 16.3. The second-order valence-corrected chi connectivity index (χ2v) is 5.13. The second kappa shape index (κ2) is 8.65. The Morgan fingerprint density at radius 2 is 1.76 bits per heavy atom. The summed E-state index contributed by atoms with van der Waals surface area (Å²) in [7, 11) is 1.48. The summed E-state index contributed by atoms with van der Waals surface area (Å²) in [5.41, 5.74) is 1.94. The largest absolute Gasteiger partial charge is 0.504 e. The lowest BCUT2D eigenvalue weighted by molar-refractivity contribution is 0.287. The highest BCUT2D eigenvalue weighted by Crippen LogP contribution is 2.32. The summed E-state index contributed by atoms with van der Waals surface area (Å²) in [6.45, 7) is 4.84. The first-order valence-electron chi connectivity index (χ1n) is 8.01. The fourth-order valence-electron chi connectivity index (χ4n) is 2.35. The zero-order chi connectivity index (χ0) is 18.2. The molecule has 0 aromatic heterocycles. The van der Waals surface area contributed by atoms with Gasteiger partial charge in [-0.15, -0.1) is 0 Å². The van der Waals surface area contributed by atoms with Gasteiger partial charge in [0.25, 0.3) is 0 Å². The van der Waals surface area contributed by atoms with E-state index in [1.165, 1.54) is 13.2 Å². The van der Waals surface area contributed by atoms with Crippen LogP contribution in [0.3, 0.4) is 0 Å². The lowest BCUT2D eigenvalue weighted by Gasteiger charge is -2.12. The fourth-order valence-corrected chi connectivity index (χ4v) is 2.35. The van der Waals surface area contributed by atoms with Gasteiger partial charge in [-0.05, 0) is 61.4 Å². The summed E-state index contributed by atoms with van der Waals surface area (Å²) in [5.74, 6) is 1.66. The summed E-state index contributed by atoms with van der Waals surface area (Å²) in [4.78, 5) is 0. The van der Waals surface area contributed by atoms with Crippen molar-refractivity contribution in [2.45, 2.75) is 13.8 Å². The molecule has 0 saturated carbocycles. The van der Waals surface area contributed by atoms with E-state index in [4.69, 9.17) is 14.2 Å². The maximum Gasteiger partial charge on any atom is 0.161 e. The van der Waals surface area contributed by atoms with Gasteiger partial charge >= 0.3 is 0 Å². The van der Waals surface area contributed by atoms with Crippen molar-refractivity contribution in [1.82, 2.24) is 0 Å². The first-order chi connectivity index (χ1) is 12.1. The van der Waals surface area contributed by atoms with Crippen molar-refractivity contribution in [2.75, 3.05) is 20.3 Å². The van der Waals surface area contributed by atoms with Crippen LogP contribution in [0.15, 0.2) is 36.4 Å². The van der Waals surface area contributed by atoms with Crippen LogP contribution in [-0.4, -0.2) is 25.4 Å². The Morgan fingerprint density at radius 3 is 2.40 bits per heavy atom. The molecular formula is C20H21NO4. The van der Waals surface area contributed by atoms with E-state index in [2.05, 4.69) is 6.07 Å². The third kappa shape index (κ3) is 4.45. The standard InChI is InChI=1S/C20H21NO4/c1-4-24-18-9-7-15(12-20(18)25-5-2)16(13-21)10-14-6-8-17(22)19(11-14)23-3/h6-12,22H,4-5H2,1-3H3. The van der Waals surface area contributed by atoms with Gasteiger partial charge in [0.05, 0.1) is 32.0 Å². The van der Waals surface area contributed by atoms with Crippen LogP contribution in [0.5, 0.6) is 23.0 Å². The quantitative estimate of drug-likeness (QED) is 0.603. The highest BCUT2D eigenvalue weighted by molar-refractivity contribution is 5.90. The lowest BCUT2D eigenvalue weighted by Crippen LogP contribution is -1.99. The van der Waals surface area contributed by atoms with Gasteiger partial charge in [0.15, 0.2) is 23.0 Å². The summed E-state index contributed by atoms with van der Waals surface area (Å²) >= 11 is 0. The number of nitrogens with zero attached hydrogens (tertiary/aromatic N) is 1. The molecule has 2 aromatic rings. The SMILES string of the molecule is CCOc1ccc(C(C#N)=Cc2ccc(O)c(OC)c2)cc1OCC. The second-order valence-electron chi connectivity index (χ2n) is 5.13. The molecule has 1 N–H and O–H groups in total. The number of hydrogen-bond donors (Lipinski definition) is 1. The van der Waals surface area contributed by atoms with E-state index in [0.717, 1.165) is 11.1 Å². The van der Waals surface area contributed by atoms with E-state index in [1.54, 1.807) is 30.3 Å². The first-order valence-corrected chi connectivity index (χ1v) is 8.01. The van der Waals surface area contributed by atoms with Crippen LogP contribution in [-0.2, 0) is 0 Å². The minimum absolute atomic E-state index is 0.0536. The van der Waals surface area contributed by atoms with Gasteiger partial charge in [-0.25, -0.2) is 0 Å². The third-order valence-electron chi connectivity index (χ3n) is 3.49. The maximum atomic E-state index is 9.68. The van der Waals surface area contributed by atoms with Crippen molar-refractivity contribution in [3.05, 3.63) is 47.5 Å². The van der Waals surface area contributed by atoms with Crippen LogP contribution in [0.1, 0.15) is 25.0 Å². The van der Waals surface area contributed by atoms with Crippen molar-refractivity contribution < 1.29 is 19.3 Å². The van der Waals surface area contributed by atoms with E-state index in [1.807, 2.05) is 19.9 Å². The maximum absolute atomic E-state index is 9.68. The summed E-state index contributed by atoms with van der Waals surface area (Å²) in [6.07, 6.45) is 1.73. The fraction of sp³-hybridized carbons (Fsp3) is 0.250. The molecule has 0 atom stereocenters. The number of methoxy groups -OCH3 is 1. The summed E-state index contributed by atoms with van der Waals surface area (Å²) in [6, 6.07) is 12.5. The molecule has 0 amide bonds. The Bertz CT molecular complexity index is 806. The third-order valence-corrected chi connectivity index (χ3v) is 3.49.